The van der Waals surface area contributed by atoms with Crippen LogP contribution in [0.1, 0.15) is 49.4 Å². The van der Waals surface area contributed by atoms with E-state index in [4.69, 9.17) is 0 Å². The van der Waals surface area contributed by atoms with E-state index >= 15 is 0 Å². The van der Waals surface area contributed by atoms with E-state index in [9.17, 15) is 18.3 Å². The van der Waals surface area contributed by atoms with Gasteiger partial charge in [0.25, 0.3) is 10.0 Å². The number of hydrogen-bond acceptors (Lipinski definition) is 5. The van der Waals surface area contributed by atoms with Crippen molar-refractivity contribution < 1.29 is 18.3 Å². The van der Waals surface area contributed by atoms with Gasteiger partial charge in [-0.1, -0.05) is 39.8 Å². The molecular weight excluding hydrogens is 416 g/mol. The molecule has 0 unspecified atom stereocenters. The predicted molar refractivity (Wildman–Crippen MR) is 119 cm³/mol. The molecule has 0 aliphatic rings. The Morgan fingerprint density at radius 1 is 1.10 bits per heavy atom. The maximum Gasteiger partial charge on any atom is 0.335 e. The number of carbonyl (C=O) groups is 1. The molecule has 0 amide bonds. The lowest BCUT2D eigenvalue weighted by Crippen LogP contribution is -2.16. The van der Waals surface area contributed by atoms with Gasteiger partial charge >= 0.3 is 5.97 Å². The average Bonchev–Trinajstić information content (AvgIpc) is 3.07. The van der Waals surface area contributed by atoms with Crippen molar-refractivity contribution in [2.45, 2.75) is 44.4 Å². The van der Waals surface area contributed by atoms with Crippen LogP contribution in [-0.4, -0.2) is 34.3 Å². The highest BCUT2D eigenvalue weighted by Crippen LogP contribution is 2.31. The number of rotatable bonds is 6. The van der Waals surface area contributed by atoms with E-state index < -0.39 is 16.0 Å². The molecule has 0 aliphatic heterocycles. The second-order valence-corrected chi connectivity index (χ2v) is 9.98. The number of nitrogens with zero attached hydrogens (tertiary/aromatic N) is 3. The minimum absolute atomic E-state index is 0.0218. The maximum absolute atomic E-state index is 13.0. The fourth-order valence-electron chi connectivity index (χ4n) is 3.19. The van der Waals surface area contributed by atoms with Crippen LogP contribution >= 0.6 is 0 Å². The first-order valence-corrected chi connectivity index (χ1v) is 11.3. The fourth-order valence-corrected chi connectivity index (χ4v) is 4.27. The molecule has 3 rings (SSSR count). The Morgan fingerprint density at radius 2 is 1.74 bits per heavy atom. The first-order chi connectivity index (χ1) is 14.4. The summed E-state index contributed by atoms with van der Waals surface area (Å²) in [5, 5.41) is 17.6. The monoisotopic (exact) mass is 442 g/mol. The number of benzene rings is 2. The molecule has 1 heterocycles. The normalized spacial score (nSPS) is 12.0. The molecule has 0 radical (unpaired) electrons. The first-order valence-electron chi connectivity index (χ1n) is 9.83. The average molecular weight is 443 g/mol. The molecular formula is C22H26N4O4S. The molecule has 0 spiro atoms. The van der Waals surface area contributed by atoms with E-state index in [1.165, 1.54) is 18.2 Å². The van der Waals surface area contributed by atoms with Gasteiger partial charge in [0, 0.05) is 19.0 Å². The lowest BCUT2D eigenvalue weighted by Gasteiger charge is -2.19. The van der Waals surface area contributed by atoms with Crippen molar-refractivity contribution >= 4 is 21.7 Å². The summed E-state index contributed by atoms with van der Waals surface area (Å²) in [7, 11) is -2.15. The molecule has 0 bridgehead atoms. The van der Waals surface area contributed by atoms with Crippen LogP contribution in [0, 0.1) is 0 Å². The zero-order valence-electron chi connectivity index (χ0n) is 18.2. The van der Waals surface area contributed by atoms with Crippen molar-refractivity contribution in [2.75, 3.05) is 4.72 Å². The van der Waals surface area contributed by atoms with Crippen LogP contribution < -0.4 is 4.72 Å². The molecule has 0 atom stereocenters. The standard InChI is InChI=1S/C22H26N4O4S/c1-6-19-23-24-20(26(19)5)17-13-14(21(27)28)7-12-18(17)25-31(29,30)16-10-8-15(9-11-16)22(2,3)4/h7-13,25H,6H2,1-5H3,(H,27,28). The number of sulfonamides is 1. The van der Waals surface area contributed by atoms with Gasteiger partial charge in [0.2, 0.25) is 0 Å². The molecule has 0 saturated heterocycles. The molecule has 0 saturated carbocycles. The van der Waals surface area contributed by atoms with E-state index in [1.54, 1.807) is 35.9 Å². The van der Waals surface area contributed by atoms with Crippen molar-refractivity contribution in [1.29, 1.82) is 0 Å². The summed E-state index contributed by atoms with van der Waals surface area (Å²) < 4.78 is 30.4. The minimum atomic E-state index is -3.91. The smallest absolute Gasteiger partial charge is 0.335 e. The first kappa shape index (κ1) is 22.5. The topological polar surface area (TPSA) is 114 Å². The van der Waals surface area contributed by atoms with Gasteiger partial charge in [-0.05, 0) is 41.3 Å². The largest absolute Gasteiger partial charge is 0.478 e. The van der Waals surface area contributed by atoms with Crippen LogP contribution in [-0.2, 0) is 28.9 Å². The van der Waals surface area contributed by atoms with Crippen molar-refractivity contribution in [3.63, 3.8) is 0 Å². The predicted octanol–water partition coefficient (Wildman–Crippen LogP) is 3.84. The van der Waals surface area contributed by atoms with Crippen molar-refractivity contribution in [2.24, 2.45) is 7.05 Å². The van der Waals surface area contributed by atoms with Gasteiger partial charge in [-0.25, -0.2) is 13.2 Å². The molecule has 8 nitrogen and oxygen atoms in total. The number of carboxylic acid groups (broad SMARTS) is 1. The number of nitrogens with one attached hydrogen (secondary N) is 1. The van der Waals surface area contributed by atoms with Gasteiger partial charge in [0.15, 0.2) is 5.82 Å². The molecule has 2 N–H and O–H groups in total. The van der Waals surface area contributed by atoms with E-state index in [1.807, 2.05) is 6.92 Å². The second-order valence-electron chi connectivity index (χ2n) is 8.30. The lowest BCUT2D eigenvalue weighted by atomic mass is 9.87. The fraction of sp³-hybridized carbons (Fsp3) is 0.318. The van der Waals surface area contributed by atoms with Crippen LogP contribution in [0.3, 0.4) is 0 Å². The summed E-state index contributed by atoms with van der Waals surface area (Å²) in [6.07, 6.45) is 0.628. The third-order valence-electron chi connectivity index (χ3n) is 5.06. The van der Waals surface area contributed by atoms with Gasteiger partial charge in [-0.15, -0.1) is 10.2 Å². The third-order valence-corrected chi connectivity index (χ3v) is 6.45. The molecule has 3 aromatic rings. The minimum Gasteiger partial charge on any atom is -0.478 e. The number of aryl methyl sites for hydroxylation is 1. The van der Waals surface area contributed by atoms with Crippen molar-refractivity contribution in [3.8, 4) is 11.4 Å². The Hall–Kier alpha value is -3.20. The molecule has 1 aromatic heterocycles. The Labute approximate surface area is 182 Å². The zero-order chi connectivity index (χ0) is 23.0. The Bertz CT molecular complexity index is 1220. The summed E-state index contributed by atoms with van der Waals surface area (Å²) in [4.78, 5) is 11.6. The quantitative estimate of drug-likeness (QED) is 0.599. The van der Waals surface area contributed by atoms with Crippen LogP contribution in [0.5, 0.6) is 0 Å². The van der Waals surface area contributed by atoms with Crippen LogP contribution in [0.4, 0.5) is 5.69 Å². The van der Waals surface area contributed by atoms with Crippen LogP contribution in [0.25, 0.3) is 11.4 Å². The summed E-state index contributed by atoms with van der Waals surface area (Å²) in [5.74, 6) is -0.0469. The molecule has 9 heteroatoms. The van der Waals surface area contributed by atoms with E-state index in [0.717, 1.165) is 5.56 Å². The Balaban J connectivity index is 2.06. The molecule has 0 fully saturated rings. The summed E-state index contributed by atoms with van der Waals surface area (Å²) >= 11 is 0. The van der Waals surface area contributed by atoms with Crippen molar-refractivity contribution in [3.05, 3.63) is 59.4 Å². The van der Waals surface area contributed by atoms with Gasteiger partial charge in [-0.2, -0.15) is 0 Å². The summed E-state index contributed by atoms with van der Waals surface area (Å²) in [6.45, 7) is 8.08. The number of carboxylic acids is 1. The van der Waals surface area contributed by atoms with Crippen LogP contribution in [0.15, 0.2) is 47.4 Å². The number of aromatic nitrogens is 3. The highest BCUT2D eigenvalue weighted by Gasteiger charge is 2.22. The third kappa shape index (κ3) is 4.61. The summed E-state index contributed by atoms with van der Waals surface area (Å²) in [6, 6.07) is 10.9. The number of hydrogen-bond donors (Lipinski definition) is 2. The van der Waals surface area contributed by atoms with Crippen LogP contribution in [0.2, 0.25) is 0 Å². The van der Waals surface area contributed by atoms with Gasteiger partial charge in [-0.3, -0.25) is 4.72 Å². The van der Waals surface area contributed by atoms with Gasteiger partial charge in [0.1, 0.15) is 5.82 Å². The summed E-state index contributed by atoms with van der Waals surface area (Å²) in [5.41, 5.74) is 1.50. The van der Waals surface area contributed by atoms with E-state index in [-0.39, 0.29) is 21.6 Å². The molecule has 0 aliphatic carbocycles. The number of anilines is 1. The molecule has 2 aromatic carbocycles. The maximum atomic E-state index is 13.0. The lowest BCUT2D eigenvalue weighted by molar-refractivity contribution is 0.0697. The number of aromatic carboxylic acids is 1. The SMILES string of the molecule is CCc1nnc(-c2cc(C(=O)O)ccc2NS(=O)(=O)c2ccc(C(C)(C)C)cc2)n1C. The molecule has 31 heavy (non-hydrogen) atoms. The van der Waals surface area contributed by atoms with E-state index in [0.29, 0.717) is 23.6 Å². The second kappa shape index (κ2) is 8.14. The van der Waals surface area contributed by atoms with Gasteiger partial charge in [0.05, 0.1) is 16.1 Å². The van der Waals surface area contributed by atoms with Gasteiger partial charge < -0.3 is 9.67 Å². The Kier molecular flexibility index (Phi) is 5.91. The molecule has 164 valence electrons. The Morgan fingerprint density at radius 3 is 2.26 bits per heavy atom. The van der Waals surface area contributed by atoms with E-state index in [2.05, 4.69) is 35.7 Å². The van der Waals surface area contributed by atoms with Crippen molar-refractivity contribution in [1.82, 2.24) is 14.8 Å². The highest BCUT2D eigenvalue weighted by atomic mass is 32.2. The highest BCUT2D eigenvalue weighted by molar-refractivity contribution is 7.92. The zero-order valence-corrected chi connectivity index (χ0v) is 19.0.